The molecule has 2 heterocycles. The lowest BCUT2D eigenvalue weighted by atomic mass is 9.94. The third kappa shape index (κ3) is 3.53. The molecule has 6 heteroatoms. The normalized spacial score (nSPS) is 19.6. The molecule has 1 fully saturated rings. The van der Waals surface area contributed by atoms with Gasteiger partial charge in [-0.05, 0) is 31.8 Å². The Labute approximate surface area is 159 Å². The van der Waals surface area contributed by atoms with Crippen LogP contribution in [-0.2, 0) is 0 Å². The summed E-state index contributed by atoms with van der Waals surface area (Å²) >= 11 is 0. The van der Waals surface area contributed by atoms with Gasteiger partial charge in [-0.3, -0.25) is 0 Å². The summed E-state index contributed by atoms with van der Waals surface area (Å²) in [5.74, 6) is 1.86. The number of anilines is 1. The van der Waals surface area contributed by atoms with E-state index in [1.807, 2.05) is 42.5 Å². The van der Waals surface area contributed by atoms with Gasteiger partial charge < -0.3 is 19.1 Å². The molecule has 3 aromatic rings. The fourth-order valence-electron chi connectivity index (χ4n) is 3.69. The molecule has 1 aliphatic rings. The maximum absolute atomic E-state index is 5.58. The average Bonchev–Trinajstić information content (AvgIpc) is 3.36. The Morgan fingerprint density at radius 2 is 1.78 bits per heavy atom. The first-order valence-corrected chi connectivity index (χ1v) is 9.10. The van der Waals surface area contributed by atoms with E-state index in [1.165, 1.54) is 5.56 Å². The minimum absolute atomic E-state index is 0.359. The third-order valence-electron chi connectivity index (χ3n) is 5.21. The molecule has 1 saturated heterocycles. The topological polar surface area (TPSA) is 54.6 Å². The van der Waals surface area contributed by atoms with Crippen molar-refractivity contribution in [1.29, 1.82) is 0 Å². The summed E-state index contributed by atoms with van der Waals surface area (Å²) in [5.41, 5.74) is 2.25. The summed E-state index contributed by atoms with van der Waals surface area (Å²) in [6.45, 7) is 1.69. The van der Waals surface area contributed by atoms with E-state index in [1.54, 1.807) is 7.11 Å². The number of hydrogen-bond donors (Lipinski definition) is 0. The van der Waals surface area contributed by atoms with E-state index in [2.05, 4.69) is 46.2 Å². The van der Waals surface area contributed by atoms with Crippen LogP contribution in [0.2, 0.25) is 0 Å². The molecule has 0 N–H and O–H groups in total. The predicted molar refractivity (Wildman–Crippen MR) is 105 cm³/mol. The quantitative estimate of drug-likeness (QED) is 0.693. The van der Waals surface area contributed by atoms with Crippen LogP contribution in [0.1, 0.15) is 11.5 Å². The second kappa shape index (κ2) is 7.40. The summed E-state index contributed by atoms with van der Waals surface area (Å²) in [5, 5.41) is 4.16. The van der Waals surface area contributed by atoms with Crippen molar-refractivity contribution in [3.05, 3.63) is 60.2 Å². The number of aromatic nitrogens is 2. The van der Waals surface area contributed by atoms with E-state index in [0.717, 1.165) is 24.4 Å². The molecule has 0 radical (unpaired) electrons. The maximum atomic E-state index is 5.58. The average molecular weight is 364 g/mol. The third-order valence-corrected chi connectivity index (χ3v) is 5.21. The molecule has 0 amide bonds. The number of rotatable bonds is 5. The van der Waals surface area contributed by atoms with E-state index >= 15 is 0 Å². The van der Waals surface area contributed by atoms with Crippen molar-refractivity contribution >= 4 is 6.01 Å². The van der Waals surface area contributed by atoms with Gasteiger partial charge in [0.05, 0.1) is 7.11 Å². The Bertz CT molecular complexity index is 877. The van der Waals surface area contributed by atoms with Gasteiger partial charge in [-0.2, -0.15) is 4.98 Å². The summed E-state index contributed by atoms with van der Waals surface area (Å²) in [6.07, 6.45) is 0. The van der Waals surface area contributed by atoms with Crippen molar-refractivity contribution in [2.45, 2.75) is 12.0 Å². The first-order valence-electron chi connectivity index (χ1n) is 9.10. The molecule has 4 rings (SSSR count). The van der Waals surface area contributed by atoms with E-state index in [-0.39, 0.29) is 0 Å². The van der Waals surface area contributed by atoms with Crippen LogP contribution >= 0.6 is 0 Å². The Hall–Kier alpha value is -2.86. The molecule has 0 bridgehead atoms. The van der Waals surface area contributed by atoms with E-state index < -0.39 is 0 Å². The maximum Gasteiger partial charge on any atom is 0.324 e. The highest BCUT2D eigenvalue weighted by Gasteiger charge is 2.37. The predicted octanol–water partition coefficient (Wildman–Crippen LogP) is 3.28. The highest BCUT2D eigenvalue weighted by Crippen LogP contribution is 2.34. The molecule has 140 valence electrons. The van der Waals surface area contributed by atoms with Crippen LogP contribution in [0.15, 0.2) is 59.1 Å². The lowest BCUT2D eigenvalue weighted by molar-refractivity contribution is 0.292. The van der Waals surface area contributed by atoms with Crippen LogP contribution in [0.4, 0.5) is 6.01 Å². The van der Waals surface area contributed by atoms with E-state index in [4.69, 9.17) is 9.26 Å². The second-order valence-corrected chi connectivity index (χ2v) is 7.08. The second-order valence-electron chi connectivity index (χ2n) is 7.08. The van der Waals surface area contributed by atoms with Crippen LogP contribution in [-0.4, -0.2) is 55.4 Å². The first-order chi connectivity index (χ1) is 13.2. The van der Waals surface area contributed by atoms with Gasteiger partial charge in [-0.25, -0.2) is 0 Å². The molecular weight excluding hydrogens is 340 g/mol. The fraction of sp³-hybridized carbons (Fsp3) is 0.333. The van der Waals surface area contributed by atoms with Gasteiger partial charge in [0.2, 0.25) is 5.82 Å². The Balaban J connectivity index is 1.57. The molecular formula is C21H24N4O2. The Kier molecular flexibility index (Phi) is 4.81. The first kappa shape index (κ1) is 17.5. The minimum Gasteiger partial charge on any atom is -0.497 e. The highest BCUT2D eigenvalue weighted by atomic mass is 16.5. The summed E-state index contributed by atoms with van der Waals surface area (Å²) in [7, 11) is 5.93. The number of methoxy groups -OCH3 is 1. The summed E-state index contributed by atoms with van der Waals surface area (Å²) in [4.78, 5) is 9.07. The van der Waals surface area contributed by atoms with Gasteiger partial charge in [0.15, 0.2) is 0 Å². The number of hydrogen-bond acceptors (Lipinski definition) is 6. The molecule has 1 aromatic heterocycles. The lowest BCUT2D eigenvalue weighted by Gasteiger charge is -2.25. The van der Waals surface area contributed by atoms with Crippen LogP contribution in [0.5, 0.6) is 5.75 Å². The largest absolute Gasteiger partial charge is 0.497 e. The van der Waals surface area contributed by atoms with E-state index in [9.17, 15) is 0 Å². The number of nitrogens with zero attached hydrogens (tertiary/aromatic N) is 4. The van der Waals surface area contributed by atoms with Crippen molar-refractivity contribution < 1.29 is 9.26 Å². The van der Waals surface area contributed by atoms with Crippen LogP contribution < -0.4 is 9.64 Å². The van der Waals surface area contributed by atoms with Gasteiger partial charge >= 0.3 is 6.01 Å². The zero-order chi connectivity index (χ0) is 18.8. The Morgan fingerprint density at radius 1 is 1.04 bits per heavy atom. The molecule has 0 saturated carbocycles. The number of likely N-dealkylation sites (N-methyl/N-ethyl adjacent to an activating group) is 1. The standard InChI is InChI=1S/C21H24N4O2/c1-24(2)19-14-25(13-18(19)15-9-11-17(26-3)12-10-15)21-22-20(23-27-21)16-7-5-4-6-8-16/h4-12,18-19H,13-14H2,1-3H3/t18-,19+/m0/s1. The zero-order valence-electron chi connectivity index (χ0n) is 15.9. The molecule has 1 aliphatic heterocycles. The molecule has 0 spiro atoms. The van der Waals surface area contributed by atoms with Gasteiger partial charge in [0.25, 0.3) is 0 Å². The van der Waals surface area contributed by atoms with Crippen LogP contribution in [0.3, 0.4) is 0 Å². The molecule has 2 aromatic carbocycles. The summed E-state index contributed by atoms with van der Waals surface area (Å²) in [6, 6.07) is 19.2. The highest BCUT2D eigenvalue weighted by molar-refractivity contribution is 5.55. The number of ether oxygens (including phenoxy) is 1. The molecule has 27 heavy (non-hydrogen) atoms. The van der Waals surface area contributed by atoms with Crippen molar-refractivity contribution in [1.82, 2.24) is 15.0 Å². The van der Waals surface area contributed by atoms with Crippen LogP contribution in [0.25, 0.3) is 11.4 Å². The molecule has 0 aliphatic carbocycles. The lowest BCUT2D eigenvalue weighted by Crippen LogP contribution is -2.34. The van der Waals surface area contributed by atoms with Gasteiger partial charge in [-0.15, -0.1) is 0 Å². The molecule has 0 unspecified atom stereocenters. The van der Waals surface area contributed by atoms with Crippen molar-refractivity contribution in [3.63, 3.8) is 0 Å². The monoisotopic (exact) mass is 364 g/mol. The minimum atomic E-state index is 0.359. The van der Waals surface area contributed by atoms with Crippen LogP contribution in [0, 0.1) is 0 Å². The van der Waals surface area contributed by atoms with Gasteiger partial charge in [-0.1, -0.05) is 47.6 Å². The SMILES string of the molecule is COc1ccc([C@@H]2CN(c3nc(-c4ccccc4)no3)C[C@H]2N(C)C)cc1. The van der Waals surface area contributed by atoms with Gasteiger partial charge in [0, 0.05) is 30.6 Å². The number of benzene rings is 2. The Morgan fingerprint density at radius 3 is 2.44 bits per heavy atom. The fourth-order valence-corrected chi connectivity index (χ4v) is 3.69. The zero-order valence-corrected chi connectivity index (χ0v) is 15.9. The van der Waals surface area contributed by atoms with E-state index in [0.29, 0.717) is 23.8 Å². The molecule has 2 atom stereocenters. The van der Waals surface area contributed by atoms with Crippen molar-refractivity contribution in [2.75, 3.05) is 39.2 Å². The molecule has 6 nitrogen and oxygen atoms in total. The smallest absolute Gasteiger partial charge is 0.324 e. The summed E-state index contributed by atoms with van der Waals surface area (Å²) < 4.78 is 10.9. The van der Waals surface area contributed by atoms with Crippen molar-refractivity contribution in [3.8, 4) is 17.1 Å². The van der Waals surface area contributed by atoms with Gasteiger partial charge in [0.1, 0.15) is 5.75 Å². The van der Waals surface area contributed by atoms with Crippen molar-refractivity contribution in [2.24, 2.45) is 0 Å².